The third-order valence-electron chi connectivity index (χ3n) is 4.16. The van der Waals surface area contributed by atoms with Crippen LogP contribution in [0.2, 0.25) is 0 Å². The summed E-state index contributed by atoms with van der Waals surface area (Å²) < 4.78 is 8.44. The van der Waals surface area contributed by atoms with Gasteiger partial charge in [0.05, 0.1) is 7.11 Å². The van der Waals surface area contributed by atoms with Crippen LogP contribution in [0.5, 0.6) is 5.75 Å². The summed E-state index contributed by atoms with van der Waals surface area (Å²) >= 11 is 18.0. The van der Waals surface area contributed by atoms with Gasteiger partial charge in [-0.05, 0) is 29.8 Å². The number of hydrogen-bond donors (Lipinski definition) is 2. The van der Waals surface area contributed by atoms with Crippen molar-refractivity contribution in [3.05, 3.63) is 76.1 Å². The number of fused-ring (bicyclic) bond motifs is 1. The Morgan fingerprint density at radius 1 is 1.14 bits per heavy atom. The van der Waals surface area contributed by atoms with Crippen LogP contribution in [0.3, 0.4) is 0 Å². The van der Waals surface area contributed by atoms with Gasteiger partial charge in [-0.15, -0.1) is 0 Å². The van der Waals surface area contributed by atoms with Gasteiger partial charge in [-0.1, -0.05) is 65.1 Å². The lowest BCUT2D eigenvalue weighted by Gasteiger charge is -2.26. The van der Waals surface area contributed by atoms with E-state index in [4.69, 9.17) is 44.0 Å². The topological polar surface area (TPSA) is 80.6 Å². The number of carbonyl (C=O) groups excluding carboxylic acids is 1. The average molecular weight is 456 g/mol. The molecule has 0 aliphatic carbocycles. The molecule has 152 valence electrons. The van der Waals surface area contributed by atoms with Crippen LogP contribution < -0.4 is 21.0 Å². The Morgan fingerprint density at radius 3 is 2.48 bits per heavy atom. The highest BCUT2D eigenvalue weighted by atomic mass is 35.6. The Hall–Kier alpha value is -2.25. The molecule has 0 radical (unpaired) electrons. The Bertz CT molecular complexity index is 1060. The average Bonchev–Trinajstić information content (AvgIpc) is 2.70. The molecule has 29 heavy (non-hydrogen) atoms. The number of methoxy groups -OCH3 is 1. The Labute approximate surface area is 181 Å². The van der Waals surface area contributed by atoms with E-state index >= 15 is 0 Å². The number of alkyl halides is 3. The Morgan fingerprint density at radius 2 is 1.83 bits per heavy atom. The summed E-state index contributed by atoms with van der Waals surface area (Å²) in [6.45, 7) is 0.301. The van der Waals surface area contributed by atoms with Crippen LogP contribution in [0, 0.1) is 0 Å². The molecule has 9 heteroatoms. The zero-order valence-corrected chi connectivity index (χ0v) is 17.5. The molecule has 3 rings (SSSR count). The lowest BCUT2D eigenvalue weighted by Crippen LogP contribution is -2.53. The molecule has 6 nitrogen and oxygen atoms in total. The molecule has 0 aliphatic rings. The predicted molar refractivity (Wildman–Crippen MR) is 114 cm³/mol. The van der Waals surface area contributed by atoms with E-state index in [1.165, 1.54) is 6.07 Å². The summed E-state index contributed by atoms with van der Waals surface area (Å²) in [5.74, 6) is -0.00827. The molecule has 2 N–H and O–H groups in total. The van der Waals surface area contributed by atoms with Crippen LogP contribution in [-0.2, 0) is 6.54 Å². The van der Waals surface area contributed by atoms with Crippen LogP contribution in [0.15, 0.2) is 63.8 Å². The van der Waals surface area contributed by atoms with E-state index in [1.54, 1.807) is 43.5 Å². The van der Waals surface area contributed by atoms with Gasteiger partial charge in [-0.3, -0.25) is 10.1 Å². The fourth-order valence-electron chi connectivity index (χ4n) is 2.64. The summed E-state index contributed by atoms with van der Waals surface area (Å²) in [5, 5.41) is 6.12. The van der Waals surface area contributed by atoms with E-state index < -0.39 is 21.5 Å². The molecule has 1 amide bonds. The second kappa shape index (κ2) is 9.05. The van der Waals surface area contributed by atoms with Gasteiger partial charge in [0.2, 0.25) is 3.79 Å². The first-order chi connectivity index (χ1) is 13.8. The van der Waals surface area contributed by atoms with Crippen LogP contribution >= 0.6 is 34.8 Å². The number of nitrogens with one attached hydrogen (secondary N) is 2. The molecule has 0 saturated carbocycles. The third-order valence-corrected chi connectivity index (χ3v) is 4.81. The molecule has 1 atom stereocenters. The number of rotatable bonds is 6. The highest BCUT2D eigenvalue weighted by Gasteiger charge is 2.34. The van der Waals surface area contributed by atoms with Gasteiger partial charge < -0.3 is 14.5 Å². The zero-order chi connectivity index (χ0) is 21.0. The van der Waals surface area contributed by atoms with E-state index in [9.17, 15) is 9.59 Å². The normalized spacial score (nSPS) is 12.6. The van der Waals surface area contributed by atoms with E-state index in [-0.39, 0.29) is 5.56 Å². The monoisotopic (exact) mass is 454 g/mol. The number of halogens is 3. The van der Waals surface area contributed by atoms with Crippen molar-refractivity contribution in [3.8, 4) is 5.75 Å². The fraction of sp³-hybridized carbons (Fsp3) is 0.200. The molecule has 2 aromatic carbocycles. The van der Waals surface area contributed by atoms with Crippen LogP contribution in [0.1, 0.15) is 15.9 Å². The highest BCUT2D eigenvalue weighted by Crippen LogP contribution is 2.29. The van der Waals surface area contributed by atoms with E-state index in [0.717, 1.165) is 5.56 Å². The van der Waals surface area contributed by atoms with Crippen molar-refractivity contribution in [2.75, 3.05) is 7.11 Å². The molecule has 3 aromatic rings. The number of hydrogen-bond acceptors (Lipinski definition) is 5. The molecule has 0 bridgehead atoms. The number of amides is 1. The molecule has 1 aromatic heterocycles. The zero-order valence-electron chi connectivity index (χ0n) is 15.2. The summed E-state index contributed by atoms with van der Waals surface area (Å²) in [5.41, 5.74) is 0.294. The maximum Gasteiger partial charge on any atom is 0.349 e. The molecule has 1 unspecified atom stereocenters. The summed E-state index contributed by atoms with van der Waals surface area (Å²) in [6, 6.07) is 15.6. The Balaban J connectivity index is 1.76. The third kappa shape index (κ3) is 5.42. The van der Waals surface area contributed by atoms with Crippen molar-refractivity contribution in [3.63, 3.8) is 0 Å². The van der Waals surface area contributed by atoms with Crippen LogP contribution in [0.25, 0.3) is 11.0 Å². The number of carbonyl (C=O) groups is 1. The second-order valence-corrected chi connectivity index (χ2v) is 8.53. The van der Waals surface area contributed by atoms with Crippen molar-refractivity contribution in [2.24, 2.45) is 0 Å². The number of ether oxygens (including phenoxy) is 1. The minimum atomic E-state index is -1.86. The van der Waals surface area contributed by atoms with Crippen molar-refractivity contribution < 1.29 is 13.9 Å². The SMILES string of the molecule is COc1ccc(CNC(NC(=O)c2cc3ccccc3oc2=O)C(Cl)(Cl)Cl)cc1. The summed E-state index contributed by atoms with van der Waals surface area (Å²) in [7, 11) is 1.57. The van der Waals surface area contributed by atoms with Gasteiger partial charge in [-0.2, -0.15) is 0 Å². The fourth-order valence-corrected chi connectivity index (χ4v) is 3.04. The molecular formula is C20H17Cl3N2O4. The molecule has 0 fully saturated rings. The predicted octanol–water partition coefficient (Wildman–Crippen LogP) is 4.02. The minimum Gasteiger partial charge on any atom is -0.497 e. The first kappa shape index (κ1) is 21.5. The van der Waals surface area contributed by atoms with E-state index in [2.05, 4.69) is 10.6 Å². The van der Waals surface area contributed by atoms with Crippen LogP contribution in [0.4, 0.5) is 0 Å². The maximum absolute atomic E-state index is 12.7. The van der Waals surface area contributed by atoms with Gasteiger partial charge in [0, 0.05) is 11.9 Å². The molecule has 0 spiro atoms. The van der Waals surface area contributed by atoms with E-state index in [0.29, 0.717) is 23.3 Å². The van der Waals surface area contributed by atoms with Gasteiger partial charge in [0.15, 0.2) is 0 Å². The Kier molecular flexibility index (Phi) is 6.70. The summed E-state index contributed by atoms with van der Waals surface area (Å²) in [4.78, 5) is 24.8. The lowest BCUT2D eigenvalue weighted by molar-refractivity contribution is 0.0925. The highest BCUT2D eigenvalue weighted by molar-refractivity contribution is 6.68. The standard InChI is InChI=1S/C20H17Cl3N2O4/c1-28-14-8-6-12(7-9-14)11-24-19(20(21,22)23)25-17(26)15-10-13-4-2-3-5-16(13)29-18(15)27/h2-10,19,24H,11H2,1H3,(H,25,26). The van der Waals surface area contributed by atoms with Gasteiger partial charge in [0.25, 0.3) is 5.91 Å². The van der Waals surface area contributed by atoms with E-state index in [1.807, 2.05) is 12.1 Å². The van der Waals surface area contributed by atoms with Crippen molar-refractivity contribution in [1.82, 2.24) is 10.6 Å². The number of para-hydroxylation sites is 1. The second-order valence-electron chi connectivity index (χ2n) is 6.16. The maximum atomic E-state index is 12.7. The largest absolute Gasteiger partial charge is 0.497 e. The van der Waals surface area contributed by atoms with Crippen molar-refractivity contribution in [2.45, 2.75) is 16.5 Å². The lowest BCUT2D eigenvalue weighted by atomic mass is 10.2. The molecule has 1 heterocycles. The van der Waals surface area contributed by atoms with Crippen molar-refractivity contribution in [1.29, 1.82) is 0 Å². The first-order valence-corrected chi connectivity index (χ1v) is 9.68. The van der Waals surface area contributed by atoms with Gasteiger partial charge >= 0.3 is 5.63 Å². The molecular weight excluding hydrogens is 439 g/mol. The quantitative estimate of drug-likeness (QED) is 0.333. The van der Waals surface area contributed by atoms with Crippen LogP contribution in [-0.4, -0.2) is 23.0 Å². The number of benzene rings is 2. The molecule has 0 saturated heterocycles. The van der Waals surface area contributed by atoms with Gasteiger partial charge in [-0.25, -0.2) is 4.79 Å². The first-order valence-electron chi connectivity index (χ1n) is 8.55. The summed E-state index contributed by atoms with van der Waals surface area (Å²) in [6.07, 6.45) is -1.06. The smallest absolute Gasteiger partial charge is 0.349 e. The van der Waals surface area contributed by atoms with Crippen molar-refractivity contribution >= 4 is 51.7 Å². The molecule has 0 aliphatic heterocycles. The minimum absolute atomic E-state index is 0.186. The van der Waals surface area contributed by atoms with Gasteiger partial charge in [0.1, 0.15) is 23.1 Å².